The van der Waals surface area contributed by atoms with Gasteiger partial charge in [0.25, 0.3) is 35.4 Å². The number of nitrogens with one attached hydrogen (secondary N) is 2. The fourth-order valence-corrected chi connectivity index (χ4v) is 10.1. The second-order valence-electron chi connectivity index (χ2n) is 18.9. The lowest BCUT2D eigenvalue weighted by Crippen LogP contribution is -2.45. The zero-order valence-electron chi connectivity index (χ0n) is 42.5. The highest BCUT2D eigenvalue weighted by atomic mass is 16.5. The van der Waals surface area contributed by atoms with Crippen molar-refractivity contribution in [2.75, 3.05) is 75.5 Å². The van der Waals surface area contributed by atoms with E-state index in [0.717, 1.165) is 52.6 Å². The van der Waals surface area contributed by atoms with Gasteiger partial charge < -0.3 is 44.4 Å². The molecule has 0 bridgehead atoms. The molecule has 0 unspecified atom stereocenters. The van der Waals surface area contributed by atoms with Gasteiger partial charge in [-0.15, -0.1) is 0 Å². The Morgan fingerprint density at radius 2 is 0.908 bits per heavy atom. The highest BCUT2D eigenvalue weighted by Gasteiger charge is 2.37. The molecule has 2 N–H and O–H groups in total. The minimum Gasteiger partial charge on any atom is -0.490 e. The number of anilines is 2. The summed E-state index contributed by atoms with van der Waals surface area (Å²) < 4.78 is 16.9. The van der Waals surface area contributed by atoms with Crippen molar-refractivity contribution in [2.45, 2.75) is 46.2 Å². The number of benzene rings is 4. The van der Waals surface area contributed by atoms with E-state index in [4.69, 9.17) is 14.2 Å². The van der Waals surface area contributed by atoms with Gasteiger partial charge in [0.2, 0.25) is 11.8 Å². The van der Waals surface area contributed by atoms with Crippen LogP contribution in [0, 0.1) is 0 Å². The van der Waals surface area contributed by atoms with E-state index in [9.17, 15) is 38.4 Å². The van der Waals surface area contributed by atoms with Gasteiger partial charge in [-0.1, -0.05) is 62.7 Å². The van der Waals surface area contributed by atoms with Crippen molar-refractivity contribution >= 4 is 58.6 Å². The predicted molar refractivity (Wildman–Crippen MR) is 285 cm³/mol. The number of rotatable bonds is 10. The Hall–Kier alpha value is -8.84. The molecule has 2 saturated heterocycles. The van der Waals surface area contributed by atoms with Crippen LogP contribution in [0.2, 0.25) is 0 Å². The molecule has 0 spiro atoms. The number of hydrogen-bond donors (Lipinski definition) is 2. The number of nitrogens with zero attached hydrogens (tertiary/aromatic N) is 6. The molecule has 2 fully saturated rings. The number of carbonyl (C=O) groups is 8. The Balaban J connectivity index is 0.000000220. The second-order valence-corrected chi connectivity index (χ2v) is 18.9. The zero-order valence-corrected chi connectivity index (χ0v) is 42.5. The van der Waals surface area contributed by atoms with Crippen LogP contribution in [-0.2, 0) is 46.6 Å². The van der Waals surface area contributed by atoms with Crippen molar-refractivity contribution in [2.24, 2.45) is 0 Å². The largest absolute Gasteiger partial charge is 0.490 e. The van der Waals surface area contributed by atoms with Crippen LogP contribution in [0.3, 0.4) is 0 Å². The zero-order chi connectivity index (χ0) is 53.9. The third-order valence-electron chi connectivity index (χ3n) is 14.1. The van der Waals surface area contributed by atoms with E-state index in [0.29, 0.717) is 99.7 Å². The standard InChI is InChI=1S/C29H30N4O5.C28H28N4O6.2H2/c1-18(28(36)31-12-5-4-6-13-31)30-27(35)19(2)33-17-24-22(8-7-9-23(24)29(33)37)21-10-11-25-26(16-21)38-15-14-32(25)20(3)34;1-17(27(35)30-9-12-37-13-10-30)29-26(34)18(2)32-16-23-21(5-4-6-22(23)28(32)36)20-7-8-24-25(15-20)38-14-11-31(24)19(3)33;;/h7-11,16H,1-2,4-6,12-15,17H2,3H3,(H,30,35);4-8,15H,1-2,9-14,16H2,3H3,(H,29,34);2*1H. The van der Waals surface area contributed by atoms with Crippen LogP contribution in [0.15, 0.2) is 122 Å². The normalized spacial score (nSPS) is 16.3. The minimum absolute atomic E-state index is 0. The lowest BCUT2D eigenvalue weighted by molar-refractivity contribution is -0.132. The van der Waals surface area contributed by atoms with E-state index in [2.05, 4.69) is 36.9 Å². The third kappa shape index (κ3) is 10.3. The van der Waals surface area contributed by atoms with E-state index in [-0.39, 0.29) is 68.3 Å². The number of likely N-dealkylation sites (tertiary alicyclic amines) is 1. The molecule has 396 valence electrons. The maximum Gasteiger partial charge on any atom is 0.271 e. The smallest absolute Gasteiger partial charge is 0.271 e. The summed E-state index contributed by atoms with van der Waals surface area (Å²) in [6.45, 7) is 23.2. The number of amides is 8. The summed E-state index contributed by atoms with van der Waals surface area (Å²) >= 11 is 0. The Morgan fingerprint density at radius 1 is 0.500 bits per heavy atom. The quantitative estimate of drug-likeness (QED) is 0.183. The molecule has 6 aliphatic heterocycles. The van der Waals surface area contributed by atoms with Crippen molar-refractivity contribution in [3.63, 3.8) is 0 Å². The summed E-state index contributed by atoms with van der Waals surface area (Å²) in [5.41, 5.74) is 6.87. The number of piperidine rings is 1. The van der Waals surface area contributed by atoms with E-state index in [1.165, 1.54) is 23.6 Å². The summed E-state index contributed by atoms with van der Waals surface area (Å²) in [5.74, 6) is -1.65. The van der Waals surface area contributed by atoms with E-state index < -0.39 is 17.7 Å². The molecule has 8 amide bonds. The average molecular weight is 1040 g/mol. The molecule has 0 atom stereocenters. The van der Waals surface area contributed by atoms with Gasteiger partial charge >= 0.3 is 0 Å². The fourth-order valence-electron chi connectivity index (χ4n) is 10.1. The van der Waals surface area contributed by atoms with Crippen LogP contribution >= 0.6 is 0 Å². The van der Waals surface area contributed by atoms with Crippen LogP contribution in [-0.4, -0.2) is 133 Å². The van der Waals surface area contributed by atoms with Crippen molar-refractivity contribution in [3.05, 3.63) is 144 Å². The first-order chi connectivity index (χ1) is 36.5. The Bertz CT molecular complexity index is 2970. The monoisotopic (exact) mass is 1030 g/mol. The molecule has 0 saturated carbocycles. The molecule has 19 nitrogen and oxygen atoms in total. The Labute approximate surface area is 442 Å². The SMILES string of the molecule is C=C(NC(=O)C(=C)N1Cc2c(cccc2-c2ccc3c(c2)OCCN3C(C)=O)C1=O)C(=O)N1CCCCC1.C=C(NC(=O)C(=C)N1Cc2c(cccc2-c2ccc3c(c2)OCCN3C(C)=O)C1=O)C(=O)N1CCOCC1.[HH].[HH]. The number of ether oxygens (including phenoxy) is 3. The van der Waals surface area contributed by atoms with Crippen molar-refractivity contribution in [1.82, 2.24) is 30.2 Å². The molecule has 0 aliphatic carbocycles. The van der Waals surface area contributed by atoms with Gasteiger partial charge in [0, 0.05) is 54.0 Å². The first-order valence-corrected chi connectivity index (χ1v) is 25.0. The van der Waals surface area contributed by atoms with Crippen molar-refractivity contribution in [3.8, 4) is 33.8 Å². The fraction of sp³-hybridized carbons (Fsp3) is 0.298. The van der Waals surface area contributed by atoms with Gasteiger partial charge in [0.05, 0.1) is 62.2 Å². The van der Waals surface area contributed by atoms with Crippen LogP contribution in [0.4, 0.5) is 11.4 Å². The van der Waals surface area contributed by atoms with E-state index in [1.807, 2.05) is 48.5 Å². The number of carbonyl (C=O) groups excluding carboxylic acids is 8. The predicted octanol–water partition coefficient (Wildman–Crippen LogP) is 5.76. The molecule has 4 aromatic rings. The number of morpholine rings is 1. The summed E-state index contributed by atoms with van der Waals surface area (Å²) in [6, 6.07) is 22.0. The lowest BCUT2D eigenvalue weighted by atomic mass is 9.96. The molecule has 0 aromatic heterocycles. The van der Waals surface area contributed by atoms with Crippen molar-refractivity contribution < 1.29 is 55.4 Å². The molecule has 76 heavy (non-hydrogen) atoms. The maximum absolute atomic E-state index is 13.3. The summed E-state index contributed by atoms with van der Waals surface area (Å²) in [6.07, 6.45) is 2.93. The van der Waals surface area contributed by atoms with Crippen molar-refractivity contribution in [1.29, 1.82) is 0 Å². The Kier molecular flexibility index (Phi) is 15.0. The van der Waals surface area contributed by atoms with Crippen LogP contribution in [0.25, 0.3) is 22.3 Å². The van der Waals surface area contributed by atoms with Crippen LogP contribution in [0.5, 0.6) is 11.5 Å². The first-order valence-electron chi connectivity index (χ1n) is 25.0. The summed E-state index contributed by atoms with van der Waals surface area (Å²) in [7, 11) is 0. The van der Waals surface area contributed by atoms with E-state index in [1.54, 1.807) is 43.9 Å². The highest BCUT2D eigenvalue weighted by molar-refractivity contribution is 6.10. The molecule has 6 aliphatic rings. The highest BCUT2D eigenvalue weighted by Crippen LogP contribution is 2.41. The second kappa shape index (κ2) is 21.9. The van der Waals surface area contributed by atoms with Gasteiger partial charge in [-0.05, 0) is 89.0 Å². The number of hydrogen-bond acceptors (Lipinski definition) is 11. The molecule has 10 rings (SSSR count). The summed E-state index contributed by atoms with van der Waals surface area (Å²) in [5, 5.41) is 5.01. The van der Waals surface area contributed by atoms with E-state index >= 15 is 0 Å². The molecular formula is C57H62N8O11. The molecule has 4 aromatic carbocycles. The van der Waals surface area contributed by atoms with Gasteiger partial charge in [-0.3, -0.25) is 48.2 Å². The van der Waals surface area contributed by atoms with Gasteiger partial charge in [-0.25, -0.2) is 0 Å². The molecule has 19 heteroatoms. The lowest BCUT2D eigenvalue weighted by Gasteiger charge is -2.29. The summed E-state index contributed by atoms with van der Waals surface area (Å²) in [4.78, 5) is 111. The molecular weight excluding hydrogens is 973 g/mol. The third-order valence-corrected chi connectivity index (χ3v) is 14.1. The molecule has 6 heterocycles. The van der Waals surface area contributed by atoms with Gasteiger partial charge in [0.15, 0.2) is 0 Å². The van der Waals surface area contributed by atoms with Crippen LogP contribution < -0.4 is 29.9 Å². The number of fused-ring (bicyclic) bond motifs is 4. The van der Waals surface area contributed by atoms with Gasteiger partial charge in [0.1, 0.15) is 36.1 Å². The maximum atomic E-state index is 13.3. The average Bonchev–Trinajstić information content (AvgIpc) is 4.02. The van der Waals surface area contributed by atoms with Gasteiger partial charge in [-0.2, -0.15) is 0 Å². The Morgan fingerprint density at radius 3 is 1.33 bits per heavy atom. The first kappa shape index (κ1) is 52.0. The van der Waals surface area contributed by atoms with Crippen LogP contribution in [0.1, 0.15) is 67.8 Å². The minimum atomic E-state index is -0.675. The topological polar surface area (TPSA) is 208 Å². The molecule has 0 radical (unpaired) electrons.